The summed E-state index contributed by atoms with van der Waals surface area (Å²) in [7, 11) is 0. The second-order valence-electron chi connectivity index (χ2n) is 9.14. The van der Waals surface area contributed by atoms with Gasteiger partial charge in [0.1, 0.15) is 11.8 Å². The molecule has 0 saturated heterocycles. The highest BCUT2D eigenvalue weighted by Gasteiger charge is 2.36. The molecule has 0 aromatic heterocycles. The topological polar surface area (TPSA) is 95.2 Å². The summed E-state index contributed by atoms with van der Waals surface area (Å²) in [6, 6.07) is 8.20. The first-order valence-electron chi connectivity index (χ1n) is 8.70. The van der Waals surface area contributed by atoms with Crippen LogP contribution < -0.4 is 0 Å². The molecule has 0 unspecified atom stereocenters. The lowest BCUT2D eigenvalue weighted by molar-refractivity contribution is 0.226. The molecule has 0 aromatic carbocycles. The van der Waals surface area contributed by atoms with Crippen LogP contribution in [-0.2, 0) is 0 Å². The predicted molar refractivity (Wildman–Crippen MR) is 103 cm³/mol. The maximum atomic E-state index is 9.15. The van der Waals surface area contributed by atoms with Crippen LogP contribution in [0, 0.1) is 78.8 Å². The van der Waals surface area contributed by atoms with E-state index in [9.17, 15) is 0 Å². The zero-order valence-corrected chi connectivity index (χ0v) is 17.3. The van der Waals surface area contributed by atoms with Crippen LogP contribution in [-0.4, -0.2) is 0 Å². The normalized spacial score (nSPS) is 13.6. The summed E-state index contributed by atoms with van der Waals surface area (Å²) in [6.07, 6.45) is 7.99. The fourth-order valence-electron chi connectivity index (χ4n) is 2.19. The molecule has 0 rings (SSSR count). The van der Waals surface area contributed by atoms with Gasteiger partial charge in [-0.3, -0.25) is 0 Å². The minimum absolute atomic E-state index is 0.263. The first kappa shape index (κ1) is 23.4. The average Bonchev–Trinajstić information content (AvgIpc) is 2.53. The quantitative estimate of drug-likeness (QED) is 0.564. The average molecular weight is 351 g/mol. The highest BCUT2D eigenvalue weighted by molar-refractivity contribution is 5.20. The van der Waals surface area contributed by atoms with Crippen LogP contribution in [0.3, 0.4) is 0 Å². The lowest BCUT2D eigenvalue weighted by Crippen LogP contribution is -2.31. The number of nitrogens with zero attached hydrogens (tertiary/aromatic N) is 4. The third kappa shape index (κ3) is 5.48. The fourth-order valence-corrected chi connectivity index (χ4v) is 2.19. The van der Waals surface area contributed by atoms with Crippen molar-refractivity contribution in [2.45, 2.75) is 55.4 Å². The van der Waals surface area contributed by atoms with Crippen LogP contribution in [0.5, 0.6) is 0 Å². The van der Waals surface area contributed by atoms with Gasteiger partial charge in [0.2, 0.25) is 0 Å². The number of rotatable bonds is 7. The van der Waals surface area contributed by atoms with E-state index in [1.54, 1.807) is 0 Å². The maximum Gasteiger partial charge on any atom is 0.141 e. The van der Waals surface area contributed by atoms with Gasteiger partial charge in [-0.2, -0.15) is 21.0 Å². The van der Waals surface area contributed by atoms with Crippen molar-refractivity contribution in [1.82, 2.24) is 0 Å². The molecule has 0 bridgehead atoms. The molecule has 0 aliphatic heterocycles. The van der Waals surface area contributed by atoms with Gasteiger partial charge in [0.15, 0.2) is 0 Å². The molecule has 0 atom stereocenters. The predicted octanol–water partition coefficient (Wildman–Crippen LogP) is 5.53. The standard InChI is InChI=1S/C22H30N4/c1-19(2,17(13-23)14-24)9-11-21(5,6)22(7,8)12-10-20(3,4)18(15-25)16-26/h9-12,17-18H,1-8H3/b11-9+,12-10+. The molecule has 0 aliphatic carbocycles. The summed E-state index contributed by atoms with van der Waals surface area (Å²) in [6.45, 7) is 15.9. The smallest absolute Gasteiger partial charge is 0.141 e. The van der Waals surface area contributed by atoms with Crippen molar-refractivity contribution in [3.05, 3.63) is 24.3 Å². The number of hydrogen-bond donors (Lipinski definition) is 0. The van der Waals surface area contributed by atoms with Crippen LogP contribution in [0.25, 0.3) is 0 Å². The van der Waals surface area contributed by atoms with E-state index in [2.05, 4.69) is 39.8 Å². The molecule has 0 radical (unpaired) electrons. The van der Waals surface area contributed by atoms with Gasteiger partial charge >= 0.3 is 0 Å². The Morgan fingerprint density at radius 2 is 0.731 bits per heavy atom. The van der Waals surface area contributed by atoms with Crippen LogP contribution >= 0.6 is 0 Å². The molecular formula is C22H30N4. The van der Waals surface area contributed by atoms with Crippen LogP contribution in [0.2, 0.25) is 0 Å². The SMILES string of the molecule is CC(C)(/C=C/C(C)(C)C(C)(C)/C=C/C(C)(C)C(C#N)C#N)C(C#N)C#N. The van der Waals surface area contributed by atoms with E-state index in [4.69, 9.17) is 21.0 Å². The molecule has 0 N–H and O–H groups in total. The van der Waals surface area contributed by atoms with Gasteiger partial charge < -0.3 is 0 Å². The Labute approximate surface area is 159 Å². The van der Waals surface area contributed by atoms with E-state index in [0.29, 0.717) is 0 Å². The van der Waals surface area contributed by atoms with Crippen molar-refractivity contribution in [2.24, 2.45) is 33.5 Å². The van der Waals surface area contributed by atoms with E-state index in [1.165, 1.54) is 0 Å². The summed E-state index contributed by atoms with van der Waals surface area (Å²) in [4.78, 5) is 0. The molecule has 4 heteroatoms. The highest BCUT2D eigenvalue weighted by Crippen LogP contribution is 2.43. The Bertz CT molecular complexity index is 630. The van der Waals surface area contributed by atoms with Crippen molar-refractivity contribution < 1.29 is 0 Å². The molecule has 4 nitrogen and oxygen atoms in total. The molecule has 0 aliphatic rings. The summed E-state index contributed by atoms with van der Waals surface area (Å²) < 4.78 is 0. The van der Waals surface area contributed by atoms with Gasteiger partial charge in [0, 0.05) is 10.8 Å². The van der Waals surface area contributed by atoms with Gasteiger partial charge in [-0.25, -0.2) is 0 Å². The van der Waals surface area contributed by atoms with Crippen LogP contribution in [0.4, 0.5) is 0 Å². The minimum atomic E-state index is -0.709. The summed E-state index contributed by atoms with van der Waals surface area (Å²) in [5.41, 5.74) is -1.62. The number of nitriles is 4. The first-order valence-corrected chi connectivity index (χ1v) is 8.70. The molecule has 0 amide bonds. The Morgan fingerprint density at radius 1 is 0.500 bits per heavy atom. The Morgan fingerprint density at radius 3 is 0.923 bits per heavy atom. The molecule has 0 spiro atoms. The van der Waals surface area contributed by atoms with Gasteiger partial charge in [0.25, 0.3) is 0 Å². The van der Waals surface area contributed by atoms with Crippen molar-refractivity contribution in [2.75, 3.05) is 0 Å². The van der Waals surface area contributed by atoms with E-state index >= 15 is 0 Å². The molecule has 138 valence electrons. The highest BCUT2D eigenvalue weighted by atomic mass is 14.4. The second-order valence-corrected chi connectivity index (χ2v) is 9.14. The van der Waals surface area contributed by atoms with Gasteiger partial charge in [0.05, 0.1) is 24.3 Å². The Kier molecular flexibility index (Phi) is 7.40. The Hall–Kier alpha value is -2.56. The van der Waals surface area contributed by atoms with Crippen LogP contribution in [0.1, 0.15) is 55.4 Å². The molecule has 0 aromatic rings. The lowest BCUT2D eigenvalue weighted by atomic mass is 9.65. The van der Waals surface area contributed by atoms with Crippen molar-refractivity contribution in [3.8, 4) is 24.3 Å². The van der Waals surface area contributed by atoms with E-state index in [-0.39, 0.29) is 10.8 Å². The largest absolute Gasteiger partial charge is 0.197 e. The zero-order valence-electron chi connectivity index (χ0n) is 17.3. The first-order chi connectivity index (χ1) is 11.7. The second kappa shape index (κ2) is 8.21. The molecular weight excluding hydrogens is 320 g/mol. The van der Waals surface area contributed by atoms with Gasteiger partial charge in [-0.1, -0.05) is 79.7 Å². The van der Waals surface area contributed by atoms with Gasteiger partial charge in [-0.15, -0.1) is 0 Å². The molecule has 0 fully saturated rings. The third-order valence-corrected chi connectivity index (χ3v) is 5.52. The molecule has 0 heterocycles. The van der Waals surface area contributed by atoms with Crippen LogP contribution in [0.15, 0.2) is 24.3 Å². The fraction of sp³-hybridized carbons (Fsp3) is 0.636. The van der Waals surface area contributed by atoms with Crippen molar-refractivity contribution >= 4 is 0 Å². The summed E-state index contributed by atoms with van der Waals surface area (Å²) in [5, 5.41) is 36.6. The third-order valence-electron chi connectivity index (χ3n) is 5.52. The van der Waals surface area contributed by atoms with E-state index < -0.39 is 22.7 Å². The minimum Gasteiger partial charge on any atom is -0.197 e. The van der Waals surface area contributed by atoms with Crippen molar-refractivity contribution in [3.63, 3.8) is 0 Å². The summed E-state index contributed by atoms with van der Waals surface area (Å²) >= 11 is 0. The van der Waals surface area contributed by atoms with Crippen molar-refractivity contribution in [1.29, 1.82) is 21.0 Å². The van der Waals surface area contributed by atoms with E-state index in [1.807, 2.05) is 64.1 Å². The molecule has 0 saturated carbocycles. The Balaban J connectivity index is 5.67. The number of allylic oxidation sites excluding steroid dienone is 4. The van der Waals surface area contributed by atoms with Gasteiger partial charge in [-0.05, 0) is 10.8 Å². The van der Waals surface area contributed by atoms with E-state index in [0.717, 1.165) is 0 Å². The monoisotopic (exact) mass is 350 g/mol. The summed E-state index contributed by atoms with van der Waals surface area (Å²) in [5.74, 6) is -1.42. The number of hydrogen-bond acceptors (Lipinski definition) is 4. The lowest BCUT2D eigenvalue weighted by Gasteiger charge is -2.39. The molecule has 26 heavy (non-hydrogen) atoms. The zero-order chi connectivity index (χ0) is 20.8. The maximum absolute atomic E-state index is 9.15.